The van der Waals surface area contributed by atoms with Gasteiger partial charge in [0.1, 0.15) is 18.1 Å². The van der Waals surface area contributed by atoms with Crippen molar-refractivity contribution >= 4 is 0 Å². The first kappa shape index (κ1) is 16.1. The van der Waals surface area contributed by atoms with Crippen LogP contribution >= 0.6 is 0 Å². The maximum atomic E-state index is 10.0. The van der Waals surface area contributed by atoms with E-state index >= 15 is 0 Å². The second kappa shape index (κ2) is 8.25. The summed E-state index contributed by atoms with van der Waals surface area (Å²) in [7, 11) is 2.07. The van der Waals surface area contributed by atoms with Crippen molar-refractivity contribution in [1.82, 2.24) is 4.90 Å². The average Bonchev–Trinajstić information content (AvgIpc) is 2.49. The summed E-state index contributed by atoms with van der Waals surface area (Å²) in [4.78, 5) is 2.22. The molecule has 0 heterocycles. The highest BCUT2D eigenvalue weighted by molar-refractivity contribution is 5.31. The first-order chi connectivity index (χ1) is 10.2. The van der Waals surface area contributed by atoms with Crippen LogP contribution in [0.3, 0.4) is 0 Å². The molecule has 0 aliphatic heterocycles. The predicted octanol–water partition coefficient (Wildman–Crippen LogP) is 2.70. The van der Waals surface area contributed by atoms with E-state index in [1.54, 1.807) is 0 Å². The molecule has 1 N–H and O–H groups in total. The van der Waals surface area contributed by atoms with Crippen molar-refractivity contribution in [3.8, 4) is 11.5 Å². The zero-order valence-corrected chi connectivity index (χ0v) is 13.1. The summed E-state index contributed by atoms with van der Waals surface area (Å²) in [6.07, 6.45) is 4.18. The van der Waals surface area contributed by atoms with E-state index in [2.05, 4.69) is 11.9 Å². The molecule has 2 rings (SSSR count). The number of likely N-dealkylation sites (N-methyl/N-ethyl adjacent to an activating group) is 1. The van der Waals surface area contributed by atoms with E-state index in [1.807, 2.05) is 31.2 Å². The zero-order valence-electron chi connectivity index (χ0n) is 13.1. The molecule has 0 aromatic heterocycles. The molecule has 1 saturated carbocycles. The summed E-state index contributed by atoms with van der Waals surface area (Å²) in [5.74, 6) is 1.73. The zero-order chi connectivity index (χ0) is 15.1. The van der Waals surface area contributed by atoms with Crippen LogP contribution in [0.4, 0.5) is 0 Å². The van der Waals surface area contributed by atoms with Gasteiger partial charge in [-0.3, -0.25) is 4.90 Å². The fourth-order valence-corrected chi connectivity index (χ4v) is 2.88. The molecule has 2 atom stereocenters. The summed E-state index contributed by atoms with van der Waals surface area (Å²) < 4.78 is 11.2. The lowest BCUT2D eigenvalue weighted by Gasteiger charge is -2.35. The Labute approximate surface area is 127 Å². The van der Waals surface area contributed by atoms with Crippen molar-refractivity contribution in [1.29, 1.82) is 0 Å². The Morgan fingerprint density at radius 3 is 2.33 bits per heavy atom. The Morgan fingerprint density at radius 2 is 1.71 bits per heavy atom. The summed E-state index contributed by atoms with van der Waals surface area (Å²) >= 11 is 0. The van der Waals surface area contributed by atoms with Crippen LogP contribution in [0.25, 0.3) is 0 Å². The quantitative estimate of drug-likeness (QED) is 0.839. The number of aliphatic hydroxyl groups excluding tert-OH is 1. The van der Waals surface area contributed by atoms with Gasteiger partial charge in [-0.25, -0.2) is 0 Å². The first-order valence-electron chi connectivity index (χ1n) is 7.94. The fourth-order valence-electron chi connectivity index (χ4n) is 2.88. The van der Waals surface area contributed by atoms with Gasteiger partial charge in [0.2, 0.25) is 0 Å². The minimum absolute atomic E-state index is 0.186. The van der Waals surface area contributed by atoms with Crippen molar-refractivity contribution in [2.45, 2.75) is 44.8 Å². The highest BCUT2D eigenvalue weighted by Crippen LogP contribution is 2.22. The normalized spacial score (nSPS) is 22.3. The minimum Gasteiger partial charge on any atom is -0.494 e. The fraction of sp³-hybridized carbons (Fsp3) is 0.647. The van der Waals surface area contributed by atoms with Gasteiger partial charge in [-0.05, 0) is 51.1 Å². The molecule has 118 valence electrons. The Hall–Kier alpha value is -1.26. The highest BCUT2D eigenvalue weighted by atomic mass is 16.5. The van der Waals surface area contributed by atoms with Crippen LogP contribution in [-0.2, 0) is 0 Å². The molecule has 0 amide bonds. The molecular weight excluding hydrogens is 266 g/mol. The molecule has 4 heteroatoms. The summed E-state index contributed by atoms with van der Waals surface area (Å²) in [5.41, 5.74) is 0. The van der Waals surface area contributed by atoms with Crippen molar-refractivity contribution < 1.29 is 14.6 Å². The molecule has 2 unspecified atom stereocenters. The molecule has 0 radical (unpaired) electrons. The molecule has 4 nitrogen and oxygen atoms in total. The van der Waals surface area contributed by atoms with Gasteiger partial charge in [-0.2, -0.15) is 0 Å². The molecule has 1 fully saturated rings. The van der Waals surface area contributed by atoms with Gasteiger partial charge in [0.25, 0.3) is 0 Å². The summed E-state index contributed by atoms with van der Waals surface area (Å²) in [6, 6.07) is 7.99. The van der Waals surface area contributed by atoms with Crippen LogP contribution in [0, 0.1) is 0 Å². The van der Waals surface area contributed by atoms with Gasteiger partial charge in [-0.1, -0.05) is 12.8 Å². The summed E-state index contributed by atoms with van der Waals surface area (Å²) in [5, 5.41) is 10.0. The van der Waals surface area contributed by atoms with Crippen molar-refractivity contribution in [2.75, 3.05) is 26.8 Å². The van der Waals surface area contributed by atoms with Crippen molar-refractivity contribution in [3.05, 3.63) is 24.3 Å². The number of ether oxygens (including phenoxy) is 2. The van der Waals surface area contributed by atoms with E-state index in [0.29, 0.717) is 13.2 Å². The van der Waals surface area contributed by atoms with E-state index in [4.69, 9.17) is 9.47 Å². The Kier molecular flexibility index (Phi) is 6.33. The van der Waals surface area contributed by atoms with Gasteiger partial charge in [0.05, 0.1) is 12.7 Å². The third-order valence-electron chi connectivity index (χ3n) is 4.11. The van der Waals surface area contributed by atoms with E-state index in [-0.39, 0.29) is 12.1 Å². The van der Waals surface area contributed by atoms with Crippen molar-refractivity contribution in [3.63, 3.8) is 0 Å². The van der Waals surface area contributed by atoms with Gasteiger partial charge in [0, 0.05) is 12.6 Å². The topological polar surface area (TPSA) is 41.9 Å². The highest BCUT2D eigenvalue weighted by Gasteiger charge is 2.26. The van der Waals surface area contributed by atoms with E-state index in [1.165, 1.54) is 6.42 Å². The van der Waals surface area contributed by atoms with Crippen LogP contribution in [0.5, 0.6) is 11.5 Å². The Balaban J connectivity index is 1.73. The Morgan fingerprint density at radius 1 is 1.10 bits per heavy atom. The molecule has 0 bridgehead atoms. The Bertz CT molecular complexity index is 407. The molecule has 1 aliphatic carbocycles. The standard InChI is InChI=1S/C17H27NO3/c1-3-20-14-8-10-15(11-9-14)21-13-12-18(2)16-6-4-5-7-17(16)19/h8-11,16-17,19H,3-7,12-13H2,1-2H3. The number of hydrogen-bond acceptors (Lipinski definition) is 4. The third-order valence-corrected chi connectivity index (χ3v) is 4.11. The van der Waals surface area contributed by atoms with Gasteiger partial charge in [-0.15, -0.1) is 0 Å². The second-order valence-corrected chi connectivity index (χ2v) is 5.65. The molecular formula is C17H27NO3. The predicted molar refractivity (Wildman–Crippen MR) is 84.0 cm³/mol. The molecule has 0 spiro atoms. The number of rotatable bonds is 7. The second-order valence-electron chi connectivity index (χ2n) is 5.65. The minimum atomic E-state index is -0.186. The number of nitrogens with zero attached hydrogens (tertiary/aromatic N) is 1. The lowest BCUT2D eigenvalue weighted by molar-refractivity contribution is 0.0272. The van der Waals surface area contributed by atoms with Gasteiger partial charge < -0.3 is 14.6 Å². The number of aliphatic hydroxyl groups is 1. The SMILES string of the molecule is CCOc1ccc(OCCN(C)C2CCCCC2O)cc1. The van der Waals surface area contributed by atoms with Gasteiger partial charge in [0.15, 0.2) is 0 Å². The molecule has 21 heavy (non-hydrogen) atoms. The van der Waals surface area contributed by atoms with Crippen LogP contribution in [0.2, 0.25) is 0 Å². The third kappa shape index (κ3) is 4.90. The lowest BCUT2D eigenvalue weighted by Crippen LogP contribution is -2.44. The average molecular weight is 293 g/mol. The lowest BCUT2D eigenvalue weighted by atomic mass is 9.92. The largest absolute Gasteiger partial charge is 0.494 e. The number of hydrogen-bond donors (Lipinski definition) is 1. The molecule has 1 aromatic carbocycles. The van der Waals surface area contributed by atoms with Crippen molar-refractivity contribution in [2.24, 2.45) is 0 Å². The van der Waals surface area contributed by atoms with E-state index in [9.17, 15) is 5.11 Å². The van der Waals surface area contributed by atoms with Crippen LogP contribution < -0.4 is 9.47 Å². The maximum Gasteiger partial charge on any atom is 0.119 e. The smallest absolute Gasteiger partial charge is 0.119 e. The first-order valence-corrected chi connectivity index (χ1v) is 7.94. The molecule has 0 saturated heterocycles. The van der Waals surface area contributed by atoms with E-state index < -0.39 is 0 Å². The summed E-state index contributed by atoms with van der Waals surface area (Å²) in [6.45, 7) is 4.11. The monoisotopic (exact) mass is 293 g/mol. The van der Waals surface area contributed by atoms with Gasteiger partial charge >= 0.3 is 0 Å². The van der Waals surface area contributed by atoms with Crippen LogP contribution in [0.15, 0.2) is 24.3 Å². The number of benzene rings is 1. The molecule has 1 aromatic rings. The van der Waals surface area contributed by atoms with Crippen LogP contribution in [0.1, 0.15) is 32.6 Å². The van der Waals surface area contributed by atoms with E-state index in [0.717, 1.165) is 37.3 Å². The van der Waals surface area contributed by atoms with Crippen LogP contribution in [-0.4, -0.2) is 49.0 Å². The molecule has 1 aliphatic rings. The maximum absolute atomic E-state index is 10.0.